The van der Waals surface area contributed by atoms with Crippen molar-refractivity contribution in [2.45, 2.75) is 26.9 Å². The molecule has 1 aromatic heterocycles. The highest BCUT2D eigenvalue weighted by Crippen LogP contribution is 2.20. The van der Waals surface area contributed by atoms with E-state index in [2.05, 4.69) is 9.88 Å². The third-order valence-corrected chi connectivity index (χ3v) is 4.94. The van der Waals surface area contributed by atoms with Crippen LogP contribution in [0.15, 0.2) is 42.5 Å². The number of fused-ring (bicyclic) bond motifs is 1. The van der Waals surface area contributed by atoms with E-state index in [-0.39, 0.29) is 11.9 Å². The zero-order chi connectivity index (χ0) is 22.5. The van der Waals surface area contributed by atoms with Gasteiger partial charge in [0.15, 0.2) is 0 Å². The summed E-state index contributed by atoms with van der Waals surface area (Å²) in [5.74, 6) is 1.45. The number of hydrogen-bond acceptors (Lipinski definition) is 4. The molecule has 0 saturated heterocycles. The second-order valence-electron chi connectivity index (χ2n) is 7.42. The van der Waals surface area contributed by atoms with Crippen molar-refractivity contribution in [1.82, 2.24) is 19.4 Å². The van der Waals surface area contributed by atoms with Crippen LogP contribution >= 0.6 is 0 Å². The molecule has 2 aromatic carbocycles. The largest absolute Gasteiger partial charge is 0.494 e. The number of nitrogens with zero attached hydrogens (tertiary/aromatic N) is 4. The van der Waals surface area contributed by atoms with Crippen molar-refractivity contribution < 1.29 is 14.3 Å². The van der Waals surface area contributed by atoms with E-state index in [0.717, 1.165) is 22.6 Å². The molecular weight excluding hydrogens is 394 g/mol. The highest BCUT2D eigenvalue weighted by atomic mass is 16.5. The number of aromatic nitrogens is 2. The maximum atomic E-state index is 12.7. The first-order chi connectivity index (χ1) is 14.8. The fourth-order valence-corrected chi connectivity index (χ4v) is 3.35. The topological polar surface area (TPSA) is 79.7 Å². The number of urea groups is 1. The molecule has 31 heavy (non-hydrogen) atoms. The van der Waals surface area contributed by atoms with E-state index in [9.17, 15) is 9.59 Å². The SMILES string of the molecule is CCOc1ccc(NC(=O)N(C)Cc2nc3cc(C(=O)N(C)C)ccc3n2CC)cc1. The molecule has 0 atom stereocenters. The van der Waals surface area contributed by atoms with Gasteiger partial charge in [-0.05, 0) is 56.3 Å². The lowest BCUT2D eigenvalue weighted by molar-refractivity contribution is 0.0827. The number of amides is 3. The zero-order valence-corrected chi connectivity index (χ0v) is 18.7. The van der Waals surface area contributed by atoms with Gasteiger partial charge in [0.25, 0.3) is 5.91 Å². The van der Waals surface area contributed by atoms with E-state index in [1.54, 1.807) is 44.2 Å². The summed E-state index contributed by atoms with van der Waals surface area (Å²) < 4.78 is 7.48. The van der Waals surface area contributed by atoms with E-state index in [1.165, 1.54) is 4.90 Å². The number of carbonyl (C=O) groups excluding carboxylic acids is 2. The van der Waals surface area contributed by atoms with Gasteiger partial charge in [-0.3, -0.25) is 4.79 Å². The van der Waals surface area contributed by atoms with Gasteiger partial charge in [-0.15, -0.1) is 0 Å². The number of nitrogens with one attached hydrogen (secondary N) is 1. The van der Waals surface area contributed by atoms with Gasteiger partial charge in [0.05, 0.1) is 24.2 Å². The van der Waals surface area contributed by atoms with Gasteiger partial charge in [-0.2, -0.15) is 0 Å². The van der Waals surface area contributed by atoms with Crippen molar-refractivity contribution in [2.75, 3.05) is 33.1 Å². The van der Waals surface area contributed by atoms with Crippen LogP contribution in [0.25, 0.3) is 11.0 Å². The molecule has 0 aliphatic heterocycles. The van der Waals surface area contributed by atoms with Crippen molar-refractivity contribution in [3.63, 3.8) is 0 Å². The van der Waals surface area contributed by atoms with E-state index in [4.69, 9.17) is 9.72 Å². The number of carbonyl (C=O) groups is 2. The Morgan fingerprint density at radius 1 is 1.06 bits per heavy atom. The summed E-state index contributed by atoms with van der Waals surface area (Å²) >= 11 is 0. The minimum Gasteiger partial charge on any atom is -0.494 e. The second-order valence-corrected chi connectivity index (χ2v) is 7.42. The predicted octanol–water partition coefficient (Wildman–Crippen LogP) is 3.82. The third-order valence-electron chi connectivity index (χ3n) is 4.94. The summed E-state index contributed by atoms with van der Waals surface area (Å²) in [5, 5.41) is 2.88. The predicted molar refractivity (Wildman–Crippen MR) is 122 cm³/mol. The fourth-order valence-electron chi connectivity index (χ4n) is 3.35. The van der Waals surface area contributed by atoms with Crippen LogP contribution in [0.2, 0.25) is 0 Å². The van der Waals surface area contributed by atoms with Crippen molar-refractivity contribution in [3.05, 3.63) is 53.9 Å². The molecule has 0 radical (unpaired) electrons. The Morgan fingerprint density at radius 2 is 1.77 bits per heavy atom. The molecular formula is C23H29N5O3. The molecule has 0 aliphatic rings. The number of hydrogen-bond donors (Lipinski definition) is 1. The molecule has 0 bridgehead atoms. The van der Waals surface area contributed by atoms with E-state index >= 15 is 0 Å². The summed E-state index contributed by atoms with van der Waals surface area (Å²) in [4.78, 5) is 32.7. The van der Waals surface area contributed by atoms with Gasteiger partial charge in [0, 0.05) is 38.9 Å². The fraction of sp³-hybridized carbons (Fsp3) is 0.348. The van der Waals surface area contributed by atoms with Crippen molar-refractivity contribution in [3.8, 4) is 5.75 Å². The first-order valence-corrected chi connectivity index (χ1v) is 10.3. The molecule has 8 heteroatoms. The average Bonchev–Trinajstić information content (AvgIpc) is 3.10. The minimum absolute atomic E-state index is 0.0682. The smallest absolute Gasteiger partial charge is 0.321 e. The summed E-state index contributed by atoms with van der Waals surface area (Å²) in [5.41, 5.74) is 2.96. The first-order valence-electron chi connectivity index (χ1n) is 10.3. The van der Waals surface area contributed by atoms with Crippen LogP contribution < -0.4 is 10.1 Å². The lowest BCUT2D eigenvalue weighted by atomic mass is 10.2. The molecule has 8 nitrogen and oxygen atoms in total. The molecule has 0 spiro atoms. The molecule has 1 heterocycles. The van der Waals surface area contributed by atoms with Crippen molar-refractivity contribution in [2.24, 2.45) is 0 Å². The molecule has 0 saturated carbocycles. The average molecular weight is 424 g/mol. The zero-order valence-electron chi connectivity index (χ0n) is 18.7. The molecule has 1 N–H and O–H groups in total. The van der Waals surface area contributed by atoms with Crippen LogP contribution in [0.5, 0.6) is 5.75 Å². The number of imidazole rings is 1. The van der Waals surface area contributed by atoms with Gasteiger partial charge in [0.1, 0.15) is 11.6 Å². The van der Waals surface area contributed by atoms with Crippen LogP contribution in [0.1, 0.15) is 30.0 Å². The highest BCUT2D eigenvalue weighted by Gasteiger charge is 2.17. The quantitative estimate of drug-likeness (QED) is 0.627. The van der Waals surface area contributed by atoms with Crippen LogP contribution in [0.3, 0.4) is 0 Å². The lowest BCUT2D eigenvalue weighted by Crippen LogP contribution is -2.31. The van der Waals surface area contributed by atoms with E-state index in [0.29, 0.717) is 30.9 Å². The van der Waals surface area contributed by atoms with Crippen LogP contribution in [-0.4, -0.2) is 59.0 Å². The molecule has 3 rings (SSSR count). The van der Waals surface area contributed by atoms with E-state index < -0.39 is 0 Å². The summed E-state index contributed by atoms with van der Waals surface area (Å²) in [6, 6.07) is 12.5. The van der Waals surface area contributed by atoms with Crippen molar-refractivity contribution >= 4 is 28.7 Å². The molecule has 0 fully saturated rings. The van der Waals surface area contributed by atoms with Gasteiger partial charge in [0.2, 0.25) is 0 Å². The van der Waals surface area contributed by atoms with Gasteiger partial charge in [-0.1, -0.05) is 0 Å². The molecule has 164 valence electrons. The highest BCUT2D eigenvalue weighted by molar-refractivity contribution is 5.97. The Morgan fingerprint density at radius 3 is 2.39 bits per heavy atom. The molecule has 0 aliphatic carbocycles. The van der Waals surface area contributed by atoms with Gasteiger partial charge in [-0.25, -0.2) is 9.78 Å². The maximum absolute atomic E-state index is 12.7. The number of benzene rings is 2. The van der Waals surface area contributed by atoms with Crippen molar-refractivity contribution in [1.29, 1.82) is 0 Å². The lowest BCUT2D eigenvalue weighted by Gasteiger charge is -2.18. The standard InChI is InChI=1S/C23H29N5O3/c1-6-28-20-13-8-16(22(29)26(3)4)14-19(20)25-21(28)15-27(5)23(30)24-17-9-11-18(12-10-17)31-7-2/h8-14H,6-7,15H2,1-5H3,(H,24,30). The number of anilines is 1. The Labute approximate surface area is 182 Å². The van der Waals surface area contributed by atoms with Crippen LogP contribution in [0, 0.1) is 0 Å². The molecule has 3 amide bonds. The normalized spacial score (nSPS) is 10.7. The third kappa shape index (κ3) is 4.96. The molecule has 3 aromatic rings. The van der Waals surface area contributed by atoms with Crippen LogP contribution in [0.4, 0.5) is 10.5 Å². The maximum Gasteiger partial charge on any atom is 0.321 e. The Bertz CT molecular complexity index is 1070. The Kier molecular flexibility index (Phi) is 6.79. The Balaban J connectivity index is 1.76. The summed E-state index contributed by atoms with van der Waals surface area (Å²) in [6.45, 7) is 5.60. The number of rotatable bonds is 7. The summed E-state index contributed by atoms with van der Waals surface area (Å²) in [7, 11) is 5.17. The Hall–Kier alpha value is -3.55. The molecule has 0 unspecified atom stereocenters. The van der Waals surface area contributed by atoms with Gasteiger partial charge < -0.3 is 24.4 Å². The number of aryl methyl sites for hydroxylation is 1. The summed E-state index contributed by atoms with van der Waals surface area (Å²) in [6.07, 6.45) is 0. The minimum atomic E-state index is -0.234. The first kappa shape index (κ1) is 22.1. The van der Waals surface area contributed by atoms with Crippen LogP contribution in [-0.2, 0) is 13.1 Å². The monoisotopic (exact) mass is 423 g/mol. The number of ether oxygens (including phenoxy) is 1. The second kappa shape index (κ2) is 9.51. The van der Waals surface area contributed by atoms with E-state index in [1.807, 2.05) is 38.1 Å². The van der Waals surface area contributed by atoms with Gasteiger partial charge >= 0.3 is 6.03 Å².